The molecule has 0 saturated heterocycles. The predicted octanol–water partition coefficient (Wildman–Crippen LogP) is 2.53. The zero-order valence-corrected chi connectivity index (χ0v) is 15.9. The zero-order valence-electron chi connectivity index (χ0n) is 15.9. The van der Waals surface area contributed by atoms with E-state index in [1.165, 1.54) is 11.6 Å². The van der Waals surface area contributed by atoms with Crippen LogP contribution in [0.15, 0.2) is 69.2 Å². The summed E-state index contributed by atoms with van der Waals surface area (Å²) in [5.74, 6) is 1.28. The number of aromatic nitrogens is 2. The number of hydrogen-bond acceptors (Lipinski definition) is 4. The molecule has 1 aromatic heterocycles. The van der Waals surface area contributed by atoms with Crippen molar-refractivity contribution in [3.8, 4) is 5.75 Å². The summed E-state index contributed by atoms with van der Waals surface area (Å²) in [7, 11) is 3.14. The molecule has 0 radical (unpaired) electrons. The standard InChI is InChI=1S/C22H21N3O3/c1-24-20-19(21(26)25(2)22(24)27)13-17(23-20)12-15-8-10-18(11-9-15)28-14-16-6-4-3-5-7-16/h3-11H,12-14H2,1-2H3. The van der Waals surface area contributed by atoms with Gasteiger partial charge in [-0.2, -0.15) is 0 Å². The van der Waals surface area contributed by atoms with Crippen molar-refractivity contribution in [1.82, 2.24) is 9.13 Å². The first-order chi connectivity index (χ1) is 13.5. The van der Waals surface area contributed by atoms with Crippen LogP contribution >= 0.6 is 0 Å². The van der Waals surface area contributed by atoms with Crippen LogP contribution in [0, 0.1) is 0 Å². The Morgan fingerprint density at radius 1 is 0.929 bits per heavy atom. The highest BCUT2D eigenvalue weighted by molar-refractivity contribution is 5.94. The smallest absolute Gasteiger partial charge is 0.332 e. The second-order valence-corrected chi connectivity index (χ2v) is 6.96. The maximum absolute atomic E-state index is 12.3. The van der Waals surface area contributed by atoms with E-state index in [0.29, 0.717) is 30.8 Å². The highest BCUT2D eigenvalue weighted by Gasteiger charge is 2.22. The van der Waals surface area contributed by atoms with Crippen LogP contribution in [0.4, 0.5) is 5.82 Å². The van der Waals surface area contributed by atoms with Gasteiger partial charge in [-0.3, -0.25) is 13.9 Å². The monoisotopic (exact) mass is 375 g/mol. The minimum absolute atomic E-state index is 0.262. The van der Waals surface area contributed by atoms with Gasteiger partial charge in [-0.25, -0.2) is 9.79 Å². The third-order valence-corrected chi connectivity index (χ3v) is 4.95. The van der Waals surface area contributed by atoms with Crippen molar-refractivity contribution in [2.75, 3.05) is 0 Å². The van der Waals surface area contributed by atoms with E-state index in [0.717, 1.165) is 27.2 Å². The van der Waals surface area contributed by atoms with Gasteiger partial charge in [0.15, 0.2) is 0 Å². The molecule has 0 fully saturated rings. The molecule has 0 atom stereocenters. The molecular formula is C22H21N3O3. The summed E-state index contributed by atoms with van der Waals surface area (Å²) in [6.45, 7) is 0.527. The molecule has 0 bridgehead atoms. The summed E-state index contributed by atoms with van der Waals surface area (Å²) < 4.78 is 8.38. The van der Waals surface area contributed by atoms with Crippen LogP contribution in [0.1, 0.15) is 16.7 Å². The normalized spacial score (nSPS) is 12.6. The second-order valence-electron chi connectivity index (χ2n) is 6.96. The van der Waals surface area contributed by atoms with Crippen LogP contribution in [-0.2, 0) is 33.5 Å². The van der Waals surface area contributed by atoms with Gasteiger partial charge in [-0.1, -0.05) is 42.5 Å². The molecule has 0 unspecified atom stereocenters. The maximum atomic E-state index is 12.3. The number of fused-ring (bicyclic) bond motifs is 1. The molecule has 1 aliphatic heterocycles. The SMILES string of the molecule is Cn1c2c(c(=O)n(C)c1=O)CC(Cc1ccc(OCc3ccccc3)cc1)=N2. The molecule has 1 aliphatic rings. The van der Waals surface area contributed by atoms with Gasteiger partial charge in [-0.05, 0) is 23.3 Å². The molecule has 0 aliphatic carbocycles. The fourth-order valence-corrected chi connectivity index (χ4v) is 3.38. The van der Waals surface area contributed by atoms with Crippen molar-refractivity contribution < 1.29 is 4.74 Å². The Hall–Kier alpha value is -3.41. The van der Waals surface area contributed by atoms with E-state index in [2.05, 4.69) is 4.99 Å². The van der Waals surface area contributed by atoms with E-state index in [1.807, 2.05) is 54.6 Å². The average molecular weight is 375 g/mol. The van der Waals surface area contributed by atoms with Crippen LogP contribution in [0.25, 0.3) is 0 Å². The first kappa shape index (κ1) is 18.0. The maximum Gasteiger partial charge on any atom is 0.332 e. The van der Waals surface area contributed by atoms with Gasteiger partial charge in [-0.15, -0.1) is 0 Å². The fraction of sp³-hybridized carbons (Fsp3) is 0.227. The van der Waals surface area contributed by atoms with Gasteiger partial charge < -0.3 is 4.74 Å². The molecule has 28 heavy (non-hydrogen) atoms. The molecule has 142 valence electrons. The third-order valence-electron chi connectivity index (χ3n) is 4.95. The average Bonchev–Trinajstić information content (AvgIpc) is 3.15. The minimum atomic E-state index is -0.353. The van der Waals surface area contributed by atoms with E-state index < -0.39 is 0 Å². The van der Waals surface area contributed by atoms with Crippen molar-refractivity contribution in [2.24, 2.45) is 19.1 Å². The number of ether oxygens (including phenoxy) is 1. The molecular weight excluding hydrogens is 354 g/mol. The molecule has 4 rings (SSSR count). The van der Waals surface area contributed by atoms with E-state index in [1.54, 1.807) is 7.05 Å². The minimum Gasteiger partial charge on any atom is -0.489 e. The molecule has 0 N–H and O–H groups in total. The number of benzene rings is 2. The lowest BCUT2D eigenvalue weighted by Crippen LogP contribution is -2.38. The van der Waals surface area contributed by atoms with E-state index >= 15 is 0 Å². The topological polar surface area (TPSA) is 65.6 Å². The molecule has 0 saturated carbocycles. The second kappa shape index (κ2) is 7.31. The van der Waals surface area contributed by atoms with Crippen LogP contribution in [0.3, 0.4) is 0 Å². The van der Waals surface area contributed by atoms with Gasteiger partial charge in [0.05, 0.1) is 5.56 Å². The first-order valence-electron chi connectivity index (χ1n) is 9.14. The largest absolute Gasteiger partial charge is 0.489 e. The number of nitrogens with zero attached hydrogens (tertiary/aromatic N) is 3. The highest BCUT2D eigenvalue weighted by Crippen LogP contribution is 2.23. The lowest BCUT2D eigenvalue weighted by atomic mass is 10.0. The fourth-order valence-electron chi connectivity index (χ4n) is 3.38. The van der Waals surface area contributed by atoms with Gasteiger partial charge in [0.2, 0.25) is 0 Å². The Morgan fingerprint density at radius 3 is 2.36 bits per heavy atom. The number of aliphatic imine (C=N–C) groups is 1. The molecule has 6 nitrogen and oxygen atoms in total. The molecule has 0 amide bonds. The van der Waals surface area contributed by atoms with Crippen LogP contribution < -0.4 is 16.0 Å². The summed E-state index contributed by atoms with van der Waals surface area (Å²) in [4.78, 5) is 28.9. The third kappa shape index (κ3) is 3.41. The van der Waals surface area contributed by atoms with Crippen molar-refractivity contribution in [3.63, 3.8) is 0 Å². The quantitative estimate of drug-likeness (QED) is 0.688. The van der Waals surface area contributed by atoms with E-state index in [9.17, 15) is 9.59 Å². The van der Waals surface area contributed by atoms with Crippen LogP contribution in [-0.4, -0.2) is 14.8 Å². The van der Waals surface area contributed by atoms with Gasteiger partial charge >= 0.3 is 5.69 Å². The molecule has 2 aromatic carbocycles. The summed E-state index contributed by atoms with van der Waals surface area (Å²) >= 11 is 0. The Balaban J connectivity index is 1.45. The van der Waals surface area contributed by atoms with Crippen molar-refractivity contribution in [1.29, 1.82) is 0 Å². The number of rotatable bonds is 5. The lowest BCUT2D eigenvalue weighted by molar-refractivity contribution is 0.306. The molecule has 0 spiro atoms. The summed E-state index contributed by atoms with van der Waals surface area (Å²) in [5.41, 5.74) is 3.06. The zero-order chi connectivity index (χ0) is 19.7. The van der Waals surface area contributed by atoms with E-state index in [-0.39, 0.29) is 11.2 Å². The summed E-state index contributed by atoms with van der Waals surface area (Å²) in [5, 5.41) is 0. The summed E-state index contributed by atoms with van der Waals surface area (Å²) in [6, 6.07) is 17.9. The van der Waals surface area contributed by atoms with Gasteiger partial charge in [0.1, 0.15) is 18.2 Å². The van der Waals surface area contributed by atoms with Crippen LogP contribution in [0.2, 0.25) is 0 Å². The van der Waals surface area contributed by atoms with Gasteiger partial charge in [0.25, 0.3) is 5.56 Å². The van der Waals surface area contributed by atoms with Gasteiger partial charge in [0, 0.05) is 32.6 Å². The van der Waals surface area contributed by atoms with Crippen molar-refractivity contribution in [3.05, 3.63) is 92.1 Å². The molecule has 2 heterocycles. The lowest BCUT2D eigenvalue weighted by Gasteiger charge is -2.07. The summed E-state index contributed by atoms with van der Waals surface area (Å²) in [6.07, 6.45) is 1.10. The highest BCUT2D eigenvalue weighted by atomic mass is 16.5. The molecule has 6 heteroatoms. The van der Waals surface area contributed by atoms with Crippen molar-refractivity contribution in [2.45, 2.75) is 19.4 Å². The Morgan fingerprint density at radius 2 is 1.64 bits per heavy atom. The van der Waals surface area contributed by atoms with Crippen molar-refractivity contribution >= 4 is 11.5 Å². The Bertz CT molecular complexity index is 1160. The Labute approximate surface area is 162 Å². The first-order valence-corrected chi connectivity index (χ1v) is 9.14. The predicted molar refractivity (Wildman–Crippen MR) is 109 cm³/mol. The number of hydrogen-bond donors (Lipinski definition) is 0. The molecule has 3 aromatic rings. The van der Waals surface area contributed by atoms with E-state index in [4.69, 9.17) is 4.74 Å². The van der Waals surface area contributed by atoms with Crippen LogP contribution in [0.5, 0.6) is 5.75 Å². The Kier molecular flexibility index (Phi) is 4.69.